The molecule has 3 nitrogen and oxygen atoms in total. The maximum absolute atomic E-state index is 12.9. The number of aromatic nitrogens is 1. The average Bonchev–Trinajstić information content (AvgIpc) is 2.08. The molecule has 0 aliphatic rings. The van der Waals surface area contributed by atoms with E-state index in [1.165, 1.54) is 12.3 Å². The molecule has 1 unspecified atom stereocenters. The molecule has 0 spiro atoms. The first-order chi connectivity index (χ1) is 5.65. The lowest BCUT2D eigenvalue weighted by molar-refractivity contribution is 0.0633. The molecule has 0 amide bonds. The van der Waals surface area contributed by atoms with Gasteiger partial charge in [-0.1, -0.05) is 11.6 Å². The van der Waals surface area contributed by atoms with Crippen LogP contribution in [0.4, 0.5) is 4.39 Å². The standard InChI is InChI=1S/C7H8ClFN2O/c1-4(12-10)6-2-5(8)3-11-7(6)9/h2-4H,10H2,1H3. The van der Waals surface area contributed by atoms with Crippen LogP contribution in [0.25, 0.3) is 0 Å². The fourth-order valence-electron chi connectivity index (χ4n) is 0.797. The van der Waals surface area contributed by atoms with Crippen molar-refractivity contribution in [3.8, 4) is 0 Å². The Bertz CT molecular complexity index is 282. The van der Waals surface area contributed by atoms with Gasteiger partial charge in [0.25, 0.3) is 0 Å². The van der Waals surface area contributed by atoms with Crippen LogP contribution in [0.15, 0.2) is 12.3 Å². The zero-order valence-corrected chi connectivity index (χ0v) is 7.18. The van der Waals surface area contributed by atoms with E-state index in [9.17, 15) is 4.39 Å². The van der Waals surface area contributed by atoms with Gasteiger partial charge in [-0.25, -0.2) is 10.9 Å². The van der Waals surface area contributed by atoms with Crippen LogP contribution in [0, 0.1) is 5.95 Å². The van der Waals surface area contributed by atoms with Crippen LogP contribution in [0.5, 0.6) is 0 Å². The van der Waals surface area contributed by atoms with Crippen molar-refractivity contribution >= 4 is 11.6 Å². The summed E-state index contributed by atoms with van der Waals surface area (Å²) in [6.45, 7) is 1.61. The predicted molar refractivity (Wildman–Crippen MR) is 42.9 cm³/mol. The van der Waals surface area contributed by atoms with Gasteiger partial charge < -0.3 is 0 Å². The molecular formula is C7H8ClFN2O. The van der Waals surface area contributed by atoms with E-state index in [1.54, 1.807) is 6.92 Å². The molecule has 0 bridgehead atoms. The van der Waals surface area contributed by atoms with E-state index in [0.717, 1.165) is 0 Å². The first-order valence-electron chi connectivity index (χ1n) is 3.31. The van der Waals surface area contributed by atoms with Gasteiger partial charge in [0.15, 0.2) is 0 Å². The lowest BCUT2D eigenvalue weighted by Crippen LogP contribution is -2.08. The zero-order valence-electron chi connectivity index (χ0n) is 6.42. The van der Waals surface area contributed by atoms with Crippen LogP contribution >= 0.6 is 11.6 Å². The molecule has 0 aliphatic carbocycles. The largest absolute Gasteiger partial charge is 0.297 e. The number of hydrogen-bond donors (Lipinski definition) is 1. The van der Waals surface area contributed by atoms with Crippen LogP contribution in [0.1, 0.15) is 18.6 Å². The van der Waals surface area contributed by atoms with Crippen molar-refractivity contribution in [1.82, 2.24) is 4.98 Å². The Hall–Kier alpha value is -0.710. The Morgan fingerprint density at radius 3 is 3.00 bits per heavy atom. The molecule has 66 valence electrons. The lowest BCUT2D eigenvalue weighted by atomic mass is 10.2. The summed E-state index contributed by atoms with van der Waals surface area (Å²) in [5.41, 5.74) is 0.255. The van der Waals surface area contributed by atoms with Crippen LogP contribution in [-0.4, -0.2) is 4.98 Å². The van der Waals surface area contributed by atoms with Crippen molar-refractivity contribution in [2.75, 3.05) is 0 Å². The first-order valence-corrected chi connectivity index (χ1v) is 3.69. The number of hydrogen-bond acceptors (Lipinski definition) is 3. The normalized spacial score (nSPS) is 13.0. The Balaban J connectivity index is 3.04. The van der Waals surface area contributed by atoms with Crippen molar-refractivity contribution < 1.29 is 9.23 Å². The summed E-state index contributed by atoms with van der Waals surface area (Å²) in [6.07, 6.45) is 0.681. The van der Waals surface area contributed by atoms with Gasteiger partial charge in [0.1, 0.15) is 6.10 Å². The van der Waals surface area contributed by atoms with Crippen molar-refractivity contribution in [2.24, 2.45) is 5.90 Å². The second-order valence-electron chi connectivity index (χ2n) is 2.31. The molecule has 1 heterocycles. The molecule has 1 atom stereocenters. The zero-order chi connectivity index (χ0) is 9.14. The van der Waals surface area contributed by atoms with Gasteiger partial charge in [-0.3, -0.25) is 4.84 Å². The summed E-state index contributed by atoms with van der Waals surface area (Å²) in [5, 5.41) is 0.357. The summed E-state index contributed by atoms with van der Waals surface area (Å²) in [7, 11) is 0. The maximum Gasteiger partial charge on any atom is 0.218 e. The van der Waals surface area contributed by atoms with Crippen LogP contribution in [-0.2, 0) is 4.84 Å². The van der Waals surface area contributed by atoms with Crippen LogP contribution < -0.4 is 5.90 Å². The summed E-state index contributed by atoms with van der Waals surface area (Å²) < 4.78 is 12.9. The minimum Gasteiger partial charge on any atom is -0.297 e. The number of nitrogens with two attached hydrogens (primary N) is 1. The molecule has 0 aromatic carbocycles. The molecule has 0 saturated carbocycles. The van der Waals surface area contributed by atoms with E-state index in [1.807, 2.05) is 0 Å². The summed E-state index contributed by atoms with van der Waals surface area (Å²) in [5.74, 6) is 4.27. The highest BCUT2D eigenvalue weighted by atomic mass is 35.5. The van der Waals surface area contributed by atoms with Crippen LogP contribution in [0.2, 0.25) is 5.02 Å². The van der Waals surface area contributed by atoms with Crippen molar-refractivity contribution in [1.29, 1.82) is 0 Å². The predicted octanol–water partition coefficient (Wildman–Crippen LogP) is 1.83. The summed E-state index contributed by atoms with van der Waals surface area (Å²) in [6, 6.07) is 1.43. The molecule has 1 rings (SSSR count). The molecule has 0 aliphatic heterocycles. The molecule has 0 radical (unpaired) electrons. The van der Waals surface area contributed by atoms with Crippen molar-refractivity contribution in [3.63, 3.8) is 0 Å². The van der Waals surface area contributed by atoms with Gasteiger partial charge >= 0.3 is 0 Å². The van der Waals surface area contributed by atoms with Gasteiger partial charge in [-0.15, -0.1) is 0 Å². The van der Waals surface area contributed by atoms with E-state index in [2.05, 4.69) is 9.82 Å². The summed E-state index contributed by atoms with van der Waals surface area (Å²) in [4.78, 5) is 7.85. The Morgan fingerprint density at radius 2 is 2.42 bits per heavy atom. The van der Waals surface area contributed by atoms with Gasteiger partial charge in [0.05, 0.1) is 5.02 Å². The molecule has 5 heteroatoms. The fraction of sp³-hybridized carbons (Fsp3) is 0.286. The molecule has 2 N–H and O–H groups in total. The Morgan fingerprint density at radius 1 is 1.75 bits per heavy atom. The lowest BCUT2D eigenvalue weighted by Gasteiger charge is -2.08. The first kappa shape index (κ1) is 9.38. The second kappa shape index (κ2) is 3.80. The van der Waals surface area contributed by atoms with Crippen molar-refractivity contribution in [2.45, 2.75) is 13.0 Å². The van der Waals surface area contributed by atoms with Gasteiger partial charge in [-0.2, -0.15) is 4.39 Å². The van der Waals surface area contributed by atoms with Crippen LogP contribution in [0.3, 0.4) is 0 Å². The SMILES string of the molecule is CC(ON)c1cc(Cl)cnc1F. The highest BCUT2D eigenvalue weighted by molar-refractivity contribution is 6.30. The highest BCUT2D eigenvalue weighted by Gasteiger charge is 2.11. The topological polar surface area (TPSA) is 48.1 Å². The van der Waals surface area contributed by atoms with Gasteiger partial charge in [-0.05, 0) is 13.0 Å². The number of pyridine rings is 1. The van der Waals surface area contributed by atoms with E-state index >= 15 is 0 Å². The third-order valence-electron chi connectivity index (χ3n) is 1.47. The van der Waals surface area contributed by atoms with Gasteiger partial charge in [0, 0.05) is 11.8 Å². The molecule has 12 heavy (non-hydrogen) atoms. The summed E-state index contributed by atoms with van der Waals surface area (Å²) >= 11 is 5.59. The minimum atomic E-state index is -0.614. The quantitative estimate of drug-likeness (QED) is 0.572. The molecule has 0 fully saturated rings. The number of halogens is 2. The van der Waals surface area contributed by atoms with E-state index < -0.39 is 12.1 Å². The third-order valence-corrected chi connectivity index (χ3v) is 1.68. The number of rotatable bonds is 2. The minimum absolute atomic E-state index is 0.255. The highest BCUT2D eigenvalue weighted by Crippen LogP contribution is 2.20. The van der Waals surface area contributed by atoms with E-state index in [-0.39, 0.29) is 5.56 Å². The Labute approximate surface area is 74.3 Å². The molecule has 1 aromatic heterocycles. The second-order valence-corrected chi connectivity index (χ2v) is 2.75. The average molecular weight is 191 g/mol. The van der Waals surface area contributed by atoms with E-state index in [4.69, 9.17) is 17.5 Å². The smallest absolute Gasteiger partial charge is 0.218 e. The fourth-order valence-corrected chi connectivity index (χ4v) is 0.963. The number of nitrogens with zero attached hydrogens (tertiary/aromatic N) is 1. The van der Waals surface area contributed by atoms with Crippen molar-refractivity contribution in [3.05, 3.63) is 28.8 Å². The monoisotopic (exact) mass is 190 g/mol. The third kappa shape index (κ3) is 1.91. The molecular weight excluding hydrogens is 183 g/mol. The Kier molecular flexibility index (Phi) is 2.97. The molecule has 0 saturated heterocycles. The molecule has 1 aromatic rings. The van der Waals surface area contributed by atoms with Gasteiger partial charge in [0.2, 0.25) is 5.95 Å². The maximum atomic E-state index is 12.9. The van der Waals surface area contributed by atoms with E-state index in [0.29, 0.717) is 5.02 Å².